The predicted octanol–water partition coefficient (Wildman–Crippen LogP) is 2.94. The summed E-state index contributed by atoms with van der Waals surface area (Å²) in [5, 5.41) is 2.83. The zero-order chi connectivity index (χ0) is 19.3. The van der Waals surface area contributed by atoms with Crippen molar-refractivity contribution in [3.05, 3.63) is 59.2 Å². The second-order valence-electron chi connectivity index (χ2n) is 6.07. The molecule has 2 aromatic rings. The Morgan fingerprint density at radius 1 is 1.04 bits per heavy atom. The monoisotopic (exact) mass is 354 g/mol. The fraction of sp³-hybridized carbons (Fsp3) is 0.250. The van der Waals surface area contributed by atoms with E-state index in [2.05, 4.69) is 5.32 Å². The lowest BCUT2D eigenvalue weighted by atomic mass is 10.1. The van der Waals surface area contributed by atoms with E-state index in [9.17, 15) is 14.4 Å². The number of carbonyl (C=O) groups excluding carboxylic acids is 3. The van der Waals surface area contributed by atoms with Crippen LogP contribution in [0, 0.1) is 13.8 Å². The van der Waals surface area contributed by atoms with Crippen molar-refractivity contribution in [2.45, 2.75) is 20.8 Å². The SMILES string of the molecule is CC(=O)Oc1ccc(C(=O)N(C)CC(=O)Nc2cccc(C)c2C)cc1. The molecule has 0 aliphatic carbocycles. The van der Waals surface area contributed by atoms with Crippen LogP contribution in [0.15, 0.2) is 42.5 Å². The normalized spacial score (nSPS) is 10.2. The maximum Gasteiger partial charge on any atom is 0.308 e. The first-order chi connectivity index (χ1) is 12.3. The molecular formula is C20H22N2O4. The van der Waals surface area contributed by atoms with E-state index in [4.69, 9.17) is 4.74 Å². The van der Waals surface area contributed by atoms with Gasteiger partial charge >= 0.3 is 5.97 Å². The summed E-state index contributed by atoms with van der Waals surface area (Å²) in [7, 11) is 1.56. The maximum atomic E-state index is 12.4. The highest BCUT2D eigenvalue weighted by atomic mass is 16.5. The van der Waals surface area contributed by atoms with Crippen LogP contribution < -0.4 is 10.1 Å². The number of nitrogens with zero attached hydrogens (tertiary/aromatic N) is 1. The number of anilines is 1. The molecule has 2 amide bonds. The van der Waals surface area contributed by atoms with Crippen LogP contribution in [0.1, 0.15) is 28.4 Å². The number of nitrogens with one attached hydrogen (secondary N) is 1. The topological polar surface area (TPSA) is 75.7 Å². The molecule has 0 spiro atoms. The molecule has 1 N–H and O–H groups in total. The molecule has 0 bridgehead atoms. The predicted molar refractivity (Wildman–Crippen MR) is 99.3 cm³/mol. The molecule has 0 aromatic heterocycles. The van der Waals surface area contributed by atoms with Crippen LogP contribution in [0.2, 0.25) is 0 Å². The van der Waals surface area contributed by atoms with Crippen molar-refractivity contribution in [3.8, 4) is 5.75 Å². The number of benzene rings is 2. The minimum atomic E-state index is -0.427. The molecular weight excluding hydrogens is 332 g/mol. The summed E-state index contributed by atoms with van der Waals surface area (Å²) in [5.41, 5.74) is 3.22. The third kappa shape index (κ3) is 4.92. The van der Waals surface area contributed by atoms with Gasteiger partial charge in [-0.25, -0.2) is 0 Å². The van der Waals surface area contributed by atoms with Gasteiger partial charge in [0.05, 0.1) is 6.54 Å². The number of hydrogen-bond donors (Lipinski definition) is 1. The van der Waals surface area contributed by atoms with Gasteiger partial charge in [0.2, 0.25) is 5.91 Å². The molecule has 0 saturated carbocycles. The summed E-state index contributed by atoms with van der Waals surface area (Å²) in [4.78, 5) is 36.9. The summed E-state index contributed by atoms with van der Waals surface area (Å²) < 4.78 is 4.93. The quantitative estimate of drug-likeness (QED) is 0.662. The summed E-state index contributed by atoms with van der Waals surface area (Å²) in [6.45, 7) is 5.14. The van der Waals surface area contributed by atoms with Crippen molar-refractivity contribution >= 4 is 23.5 Å². The van der Waals surface area contributed by atoms with E-state index >= 15 is 0 Å². The largest absolute Gasteiger partial charge is 0.427 e. The molecule has 0 aliphatic heterocycles. The fourth-order valence-electron chi connectivity index (χ4n) is 2.42. The Kier molecular flexibility index (Phi) is 6.11. The van der Waals surface area contributed by atoms with Gasteiger partial charge in [-0.3, -0.25) is 14.4 Å². The maximum absolute atomic E-state index is 12.4. The Balaban J connectivity index is 1.98. The molecule has 0 radical (unpaired) electrons. The van der Waals surface area contributed by atoms with Crippen molar-refractivity contribution in [1.29, 1.82) is 0 Å². The second kappa shape index (κ2) is 8.29. The van der Waals surface area contributed by atoms with E-state index < -0.39 is 5.97 Å². The van der Waals surface area contributed by atoms with E-state index in [-0.39, 0.29) is 18.4 Å². The highest BCUT2D eigenvalue weighted by molar-refractivity contribution is 5.99. The minimum Gasteiger partial charge on any atom is -0.427 e. The van der Waals surface area contributed by atoms with Crippen molar-refractivity contribution < 1.29 is 19.1 Å². The Labute approximate surface area is 152 Å². The molecule has 2 rings (SSSR count). The summed E-state index contributed by atoms with van der Waals surface area (Å²) in [6, 6.07) is 11.9. The lowest BCUT2D eigenvalue weighted by molar-refractivity contribution is -0.131. The summed E-state index contributed by atoms with van der Waals surface area (Å²) in [5.74, 6) is -0.629. The summed E-state index contributed by atoms with van der Waals surface area (Å²) in [6.07, 6.45) is 0. The van der Waals surface area contributed by atoms with Crippen LogP contribution >= 0.6 is 0 Å². The Morgan fingerprint density at radius 2 is 1.69 bits per heavy atom. The number of ether oxygens (including phenoxy) is 1. The number of esters is 1. The lowest BCUT2D eigenvalue weighted by Crippen LogP contribution is -2.35. The van der Waals surface area contributed by atoms with Gasteiger partial charge in [0.25, 0.3) is 5.91 Å². The third-order valence-corrected chi connectivity index (χ3v) is 3.97. The van der Waals surface area contributed by atoms with Gasteiger partial charge in [0, 0.05) is 25.2 Å². The van der Waals surface area contributed by atoms with Crippen molar-refractivity contribution in [1.82, 2.24) is 4.90 Å². The zero-order valence-corrected chi connectivity index (χ0v) is 15.3. The molecule has 0 atom stereocenters. The van der Waals surface area contributed by atoms with Crippen LogP contribution in [-0.4, -0.2) is 36.3 Å². The van der Waals surface area contributed by atoms with Gasteiger partial charge in [0.1, 0.15) is 5.75 Å². The van der Waals surface area contributed by atoms with Crippen molar-refractivity contribution in [2.24, 2.45) is 0 Å². The average Bonchev–Trinajstić information content (AvgIpc) is 2.58. The first kappa shape index (κ1) is 19.2. The number of amides is 2. The molecule has 6 heteroatoms. The minimum absolute atomic E-state index is 0.0715. The van der Waals surface area contributed by atoms with Gasteiger partial charge in [-0.05, 0) is 55.3 Å². The fourth-order valence-corrected chi connectivity index (χ4v) is 2.42. The van der Waals surface area contributed by atoms with Crippen LogP contribution in [0.5, 0.6) is 5.75 Å². The highest BCUT2D eigenvalue weighted by Gasteiger charge is 2.16. The van der Waals surface area contributed by atoms with Gasteiger partial charge in [-0.1, -0.05) is 12.1 Å². The van der Waals surface area contributed by atoms with Crippen LogP contribution in [-0.2, 0) is 9.59 Å². The number of aryl methyl sites for hydroxylation is 1. The molecule has 6 nitrogen and oxygen atoms in total. The Morgan fingerprint density at radius 3 is 2.31 bits per heavy atom. The van der Waals surface area contributed by atoms with Gasteiger partial charge in [0.15, 0.2) is 0 Å². The molecule has 0 fully saturated rings. The van der Waals surface area contributed by atoms with E-state index in [0.29, 0.717) is 11.3 Å². The number of hydrogen-bond acceptors (Lipinski definition) is 4. The average molecular weight is 354 g/mol. The number of carbonyl (C=O) groups is 3. The van der Waals surface area contributed by atoms with E-state index in [1.54, 1.807) is 31.3 Å². The first-order valence-electron chi connectivity index (χ1n) is 8.18. The van der Waals surface area contributed by atoms with Crippen molar-refractivity contribution in [3.63, 3.8) is 0 Å². The Bertz CT molecular complexity index is 828. The van der Waals surface area contributed by atoms with Gasteiger partial charge in [-0.2, -0.15) is 0 Å². The number of likely N-dealkylation sites (N-methyl/N-ethyl adjacent to an activating group) is 1. The van der Waals surface area contributed by atoms with Gasteiger partial charge < -0.3 is 15.0 Å². The molecule has 0 unspecified atom stereocenters. The van der Waals surface area contributed by atoms with Crippen LogP contribution in [0.4, 0.5) is 5.69 Å². The van der Waals surface area contributed by atoms with Crippen LogP contribution in [0.25, 0.3) is 0 Å². The molecule has 2 aromatic carbocycles. The lowest BCUT2D eigenvalue weighted by Gasteiger charge is -2.18. The first-order valence-corrected chi connectivity index (χ1v) is 8.18. The smallest absolute Gasteiger partial charge is 0.308 e. The zero-order valence-electron chi connectivity index (χ0n) is 15.3. The molecule has 0 aliphatic rings. The second-order valence-corrected chi connectivity index (χ2v) is 6.07. The standard InChI is InChI=1S/C20H22N2O4/c1-13-6-5-7-18(14(13)2)21-19(24)12-22(4)20(25)16-8-10-17(11-9-16)26-15(3)23/h5-11H,12H2,1-4H3,(H,21,24). The van der Waals surface area contributed by atoms with Crippen molar-refractivity contribution in [2.75, 3.05) is 18.9 Å². The molecule has 136 valence electrons. The highest BCUT2D eigenvalue weighted by Crippen LogP contribution is 2.18. The molecule has 0 heterocycles. The van der Waals surface area contributed by atoms with E-state index in [0.717, 1.165) is 16.8 Å². The molecule has 0 saturated heterocycles. The molecule has 26 heavy (non-hydrogen) atoms. The number of rotatable bonds is 5. The van der Waals surface area contributed by atoms with Crippen LogP contribution in [0.3, 0.4) is 0 Å². The summed E-state index contributed by atoms with van der Waals surface area (Å²) >= 11 is 0. The van der Waals surface area contributed by atoms with Gasteiger partial charge in [-0.15, -0.1) is 0 Å². The third-order valence-electron chi connectivity index (χ3n) is 3.97. The van der Waals surface area contributed by atoms with E-state index in [1.165, 1.54) is 11.8 Å². The van der Waals surface area contributed by atoms with E-state index in [1.807, 2.05) is 32.0 Å². The Hall–Kier alpha value is -3.15.